The van der Waals surface area contributed by atoms with Crippen molar-refractivity contribution in [2.75, 3.05) is 12.4 Å². The van der Waals surface area contributed by atoms with E-state index in [9.17, 15) is 4.79 Å². The molecular formula is C25H20BrNO3S. The van der Waals surface area contributed by atoms with Gasteiger partial charge < -0.3 is 9.15 Å². The molecule has 156 valence electrons. The highest BCUT2D eigenvalue weighted by Gasteiger charge is 2.06. The van der Waals surface area contributed by atoms with Gasteiger partial charge in [-0.3, -0.25) is 4.79 Å². The predicted molar refractivity (Wildman–Crippen MR) is 129 cm³/mol. The van der Waals surface area contributed by atoms with Gasteiger partial charge in [0.2, 0.25) is 0 Å². The van der Waals surface area contributed by atoms with E-state index in [0.29, 0.717) is 17.4 Å². The number of thioether (sulfide) groups is 1. The fraction of sp³-hybridized carbons (Fsp3) is 0.120. The van der Waals surface area contributed by atoms with E-state index in [-0.39, 0.29) is 5.78 Å². The lowest BCUT2D eigenvalue weighted by molar-refractivity contribution is 0.104. The minimum absolute atomic E-state index is 0.0405. The Morgan fingerprint density at radius 2 is 1.90 bits per heavy atom. The van der Waals surface area contributed by atoms with E-state index in [1.54, 1.807) is 30.0 Å². The molecule has 0 fully saturated rings. The summed E-state index contributed by atoms with van der Waals surface area (Å²) in [5.74, 6) is 1.56. The summed E-state index contributed by atoms with van der Waals surface area (Å²) < 4.78 is 12.5. The number of aromatic nitrogens is 1. The predicted octanol–water partition coefficient (Wildman–Crippen LogP) is 7.05. The fourth-order valence-electron chi connectivity index (χ4n) is 2.92. The highest BCUT2D eigenvalue weighted by molar-refractivity contribution is 9.10. The van der Waals surface area contributed by atoms with E-state index >= 15 is 0 Å². The van der Waals surface area contributed by atoms with Crippen molar-refractivity contribution in [2.24, 2.45) is 0 Å². The summed E-state index contributed by atoms with van der Waals surface area (Å²) in [6.45, 7) is 0.587. The van der Waals surface area contributed by atoms with E-state index < -0.39 is 0 Å². The molecule has 0 radical (unpaired) electrons. The van der Waals surface area contributed by atoms with Gasteiger partial charge in [-0.25, -0.2) is 4.98 Å². The van der Waals surface area contributed by atoms with Crippen molar-refractivity contribution < 1.29 is 13.9 Å². The van der Waals surface area contributed by atoms with E-state index in [4.69, 9.17) is 9.15 Å². The SMILES string of the molecule is O=C(/C=C/c1cccc(Br)c1)c1ccc(OCCCSc2nc3ccccc3o2)cc1. The number of hydrogen-bond acceptors (Lipinski definition) is 5. The highest BCUT2D eigenvalue weighted by atomic mass is 79.9. The van der Waals surface area contributed by atoms with Crippen LogP contribution in [0.3, 0.4) is 0 Å². The van der Waals surface area contributed by atoms with Crippen molar-refractivity contribution in [1.29, 1.82) is 0 Å². The van der Waals surface area contributed by atoms with Gasteiger partial charge in [0.05, 0.1) is 6.61 Å². The number of allylic oxidation sites excluding steroid dienone is 1. The Labute approximate surface area is 193 Å². The summed E-state index contributed by atoms with van der Waals surface area (Å²) in [4.78, 5) is 16.8. The van der Waals surface area contributed by atoms with Crippen LogP contribution in [0.15, 0.2) is 93.0 Å². The number of ketones is 1. The first-order chi connectivity index (χ1) is 15.2. The molecule has 4 nitrogen and oxygen atoms in total. The van der Waals surface area contributed by atoms with Crippen molar-refractivity contribution in [3.63, 3.8) is 0 Å². The summed E-state index contributed by atoms with van der Waals surface area (Å²) in [6.07, 6.45) is 4.26. The number of carbonyl (C=O) groups excluding carboxylic acids is 1. The summed E-state index contributed by atoms with van der Waals surface area (Å²) in [5.41, 5.74) is 3.29. The van der Waals surface area contributed by atoms with E-state index in [1.807, 2.05) is 66.7 Å². The molecule has 6 heteroatoms. The van der Waals surface area contributed by atoms with Gasteiger partial charge in [-0.2, -0.15) is 0 Å². The monoisotopic (exact) mass is 493 g/mol. The third kappa shape index (κ3) is 6.09. The third-order valence-corrected chi connectivity index (χ3v) is 5.88. The van der Waals surface area contributed by atoms with Crippen LogP contribution >= 0.6 is 27.7 Å². The van der Waals surface area contributed by atoms with Crippen molar-refractivity contribution in [2.45, 2.75) is 11.6 Å². The average molecular weight is 494 g/mol. The zero-order valence-corrected chi connectivity index (χ0v) is 19.1. The van der Waals surface area contributed by atoms with E-state index in [2.05, 4.69) is 20.9 Å². The Hall–Kier alpha value is -2.83. The highest BCUT2D eigenvalue weighted by Crippen LogP contribution is 2.23. The maximum absolute atomic E-state index is 12.4. The second kappa shape index (κ2) is 10.5. The smallest absolute Gasteiger partial charge is 0.256 e. The zero-order chi connectivity index (χ0) is 21.5. The van der Waals surface area contributed by atoms with Crippen LogP contribution in [0.2, 0.25) is 0 Å². The molecule has 1 heterocycles. The van der Waals surface area contributed by atoms with Gasteiger partial charge >= 0.3 is 0 Å². The molecule has 0 bridgehead atoms. The molecule has 0 saturated carbocycles. The Balaban J connectivity index is 1.21. The van der Waals surface area contributed by atoms with Gasteiger partial charge in [-0.05, 0) is 66.6 Å². The molecule has 0 spiro atoms. The number of fused-ring (bicyclic) bond motifs is 1. The quantitative estimate of drug-likeness (QED) is 0.108. The minimum atomic E-state index is -0.0405. The lowest BCUT2D eigenvalue weighted by Gasteiger charge is -2.06. The van der Waals surface area contributed by atoms with Crippen molar-refractivity contribution in [1.82, 2.24) is 4.98 Å². The first-order valence-electron chi connectivity index (χ1n) is 9.86. The normalized spacial score (nSPS) is 11.3. The Morgan fingerprint density at radius 3 is 2.71 bits per heavy atom. The number of rotatable bonds is 9. The van der Waals surface area contributed by atoms with Crippen LogP contribution in [-0.2, 0) is 0 Å². The lowest BCUT2D eigenvalue weighted by Crippen LogP contribution is -2.00. The number of ether oxygens (including phenoxy) is 1. The van der Waals surface area contributed by atoms with E-state index in [0.717, 1.165) is 39.1 Å². The van der Waals surface area contributed by atoms with Crippen LogP contribution < -0.4 is 4.74 Å². The van der Waals surface area contributed by atoms with Crippen molar-refractivity contribution in [3.05, 3.63) is 94.5 Å². The number of carbonyl (C=O) groups is 1. The summed E-state index contributed by atoms with van der Waals surface area (Å²) in [7, 11) is 0. The molecule has 1 aromatic heterocycles. The maximum Gasteiger partial charge on any atom is 0.256 e. The molecule has 0 aliphatic heterocycles. The lowest BCUT2D eigenvalue weighted by atomic mass is 10.1. The second-order valence-electron chi connectivity index (χ2n) is 6.77. The average Bonchev–Trinajstić information content (AvgIpc) is 3.20. The first kappa shape index (κ1) is 21.4. The zero-order valence-electron chi connectivity index (χ0n) is 16.7. The van der Waals surface area contributed by atoms with Gasteiger partial charge in [0, 0.05) is 15.8 Å². The standard InChI is InChI=1S/C25H20BrNO3S/c26-20-6-3-5-18(17-20)9-14-23(28)19-10-12-21(13-11-19)29-15-4-16-31-25-27-22-7-1-2-8-24(22)30-25/h1-3,5-14,17H,4,15-16H2/b14-9+. The molecule has 0 unspecified atom stereocenters. The fourth-order valence-corrected chi connectivity index (χ4v) is 4.08. The molecule has 0 amide bonds. The number of benzene rings is 3. The molecule has 0 aliphatic carbocycles. The molecule has 4 aromatic rings. The summed E-state index contributed by atoms with van der Waals surface area (Å²) >= 11 is 5.01. The van der Waals surface area contributed by atoms with Crippen LogP contribution in [-0.4, -0.2) is 23.1 Å². The number of oxazole rings is 1. The maximum atomic E-state index is 12.4. The molecule has 0 N–H and O–H groups in total. The topological polar surface area (TPSA) is 52.3 Å². The molecule has 3 aromatic carbocycles. The van der Waals surface area contributed by atoms with E-state index in [1.165, 1.54) is 0 Å². The molecule has 0 atom stereocenters. The molecule has 31 heavy (non-hydrogen) atoms. The number of hydrogen-bond donors (Lipinski definition) is 0. The van der Waals surface area contributed by atoms with Gasteiger partial charge in [-0.1, -0.05) is 58.0 Å². The largest absolute Gasteiger partial charge is 0.494 e. The van der Waals surface area contributed by atoms with Gasteiger partial charge in [0.15, 0.2) is 11.4 Å². The van der Waals surface area contributed by atoms with Crippen LogP contribution in [0, 0.1) is 0 Å². The van der Waals surface area contributed by atoms with Crippen LogP contribution in [0.25, 0.3) is 17.2 Å². The first-order valence-corrected chi connectivity index (χ1v) is 11.6. The van der Waals surface area contributed by atoms with Crippen LogP contribution in [0.1, 0.15) is 22.3 Å². The third-order valence-electron chi connectivity index (χ3n) is 4.47. The molecule has 4 rings (SSSR count). The molecule has 0 aliphatic rings. The minimum Gasteiger partial charge on any atom is -0.494 e. The van der Waals surface area contributed by atoms with Crippen LogP contribution in [0.5, 0.6) is 5.75 Å². The summed E-state index contributed by atoms with van der Waals surface area (Å²) in [5, 5.41) is 0.681. The number of nitrogens with zero attached hydrogens (tertiary/aromatic N) is 1. The van der Waals surface area contributed by atoms with Gasteiger partial charge in [0.1, 0.15) is 11.3 Å². The van der Waals surface area contributed by atoms with Gasteiger partial charge in [0.25, 0.3) is 5.22 Å². The van der Waals surface area contributed by atoms with Gasteiger partial charge in [-0.15, -0.1) is 0 Å². The Morgan fingerprint density at radius 1 is 1.06 bits per heavy atom. The molecule has 0 saturated heterocycles. The Bertz CT molecular complexity index is 1170. The summed E-state index contributed by atoms with van der Waals surface area (Å²) in [6, 6.07) is 22.8. The van der Waals surface area contributed by atoms with Crippen LogP contribution in [0.4, 0.5) is 0 Å². The number of para-hydroxylation sites is 2. The molecular weight excluding hydrogens is 474 g/mol. The van der Waals surface area contributed by atoms with Crippen molar-refractivity contribution in [3.8, 4) is 5.75 Å². The Kier molecular flexibility index (Phi) is 7.22. The second-order valence-corrected chi connectivity index (χ2v) is 8.74. The van der Waals surface area contributed by atoms with Crippen molar-refractivity contribution >= 4 is 50.7 Å². The number of halogens is 1.